The second-order valence-corrected chi connectivity index (χ2v) is 6.26. The van der Waals surface area contributed by atoms with Gasteiger partial charge < -0.3 is 20.7 Å². The third kappa shape index (κ3) is 5.69. The Labute approximate surface area is 147 Å². The number of rotatable bonds is 7. The summed E-state index contributed by atoms with van der Waals surface area (Å²) in [4.78, 5) is 25.8. The van der Waals surface area contributed by atoms with E-state index in [2.05, 4.69) is 5.32 Å². The van der Waals surface area contributed by atoms with E-state index in [0.29, 0.717) is 36.8 Å². The highest BCUT2D eigenvalue weighted by atomic mass is 35.5. The fraction of sp³-hybridized carbons (Fsp3) is 0.529. The molecule has 1 aromatic carbocycles. The average Bonchev–Trinajstić information content (AvgIpc) is 2.60. The van der Waals surface area contributed by atoms with Gasteiger partial charge in [-0.15, -0.1) is 0 Å². The van der Waals surface area contributed by atoms with Gasteiger partial charge in [0.25, 0.3) is 5.91 Å². The molecule has 0 saturated carbocycles. The molecule has 1 fully saturated rings. The van der Waals surface area contributed by atoms with Crippen molar-refractivity contribution in [3.05, 3.63) is 29.3 Å². The topological polar surface area (TPSA) is 84.7 Å². The van der Waals surface area contributed by atoms with Crippen LogP contribution in [0, 0.1) is 0 Å². The van der Waals surface area contributed by atoms with Crippen LogP contribution in [0.25, 0.3) is 0 Å². The van der Waals surface area contributed by atoms with E-state index in [9.17, 15) is 9.59 Å². The van der Waals surface area contributed by atoms with Gasteiger partial charge in [0.1, 0.15) is 5.75 Å². The number of carbonyl (C=O) groups is 2. The first-order chi connectivity index (χ1) is 11.6. The van der Waals surface area contributed by atoms with Crippen LogP contribution in [-0.4, -0.2) is 49.0 Å². The molecule has 0 radical (unpaired) electrons. The molecule has 1 atom stereocenters. The van der Waals surface area contributed by atoms with E-state index in [1.165, 1.54) is 0 Å². The van der Waals surface area contributed by atoms with Crippen molar-refractivity contribution >= 4 is 23.4 Å². The number of carbonyl (C=O) groups excluding carboxylic acids is 2. The number of hydrogen-bond donors (Lipinski definition) is 2. The van der Waals surface area contributed by atoms with Crippen molar-refractivity contribution < 1.29 is 14.3 Å². The number of piperidine rings is 1. The van der Waals surface area contributed by atoms with Gasteiger partial charge in [-0.1, -0.05) is 11.6 Å². The van der Waals surface area contributed by atoms with E-state index in [4.69, 9.17) is 22.1 Å². The van der Waals surface area contributed by atoms with Gasteiger partial charge in [-0.05, 0) is 43.5 Å². The Morgan fingerprint density at radius 3 is 2.75 bits per heavy atom. The SMILES string of the molecule is NCCC(=O)NCC1CCCCN1C(=O)COc1ccc(Cl)cc1. The fourth-order valence-electron chi connectivity index (χ4n) is 2.75. The Kier molecular flexibility index (Phi) is 7.34. The van der Waals surface area contributed by atoms with Gasteiger partial charge in [-0.25, -0.2) is 0 Å². The third-order valence-corrected chi connectivity index (χ3v) is 4.28. The monoisotopic (exact) mass is 353 g/mol. The molecule has 1 aromatic rings. The molecule has 0 aromatic heterocycles. The molecular weight excluding hydrogens is 330 g/mol. The minimum atomic E-state index is -0.0760. The van der Waals surface area contributed by atoms with E-state index < -0.39 is 0 Å². The maximum Gasteiger partial charge on any atom is 0.260 e. The van der Waals surface area contributed by atoms with Crippen LogP contribution >= 0.6 is 11.6 Å². The number of halogens is 1. The highest BCUT2D eigenvalue weighted by Gasteiger charge is 2.27. The highest BCUT2D eigenvalue weighted by molar-refractivity contribution is 6.30. The Morgan fingerprint density at radius 1 is 1.29 bits per heavy atom. The van der Waals surface area contributed by atoms with Crippen LogP contribution in [0.1, 0.15) is 25.7 Å². The first-order valence-electron chi connectivity index (χ1n) is 8.24. The van der Waals surface area contributed by atoms with Crippen molar-refractivity contribution in [2.75, 3.05) is 26.2 Å². The van der Waals surface area contributed by atoms with Crippen LogP contribution in [0.3, 0.4) is 0 Å². The summed E-state index contributed by atoms with van der Waals surface area (Å²) in [6.45, 7) is 1.47. The standard InChI is InChI=1S/C17H24ClN3O3/c18-13-4-6-15(7-5-13)24-12-17(23)21-10-2-1-3-14(21)11-20-16(22)8-9-19/h4-7,14H,1-3,8-12,19H2,(H,20,22). The van der Waals surface area contributed by atoms with E-state index in [0.717, 1.165) is 19.3 Å². The molecule has 132 valence electrons. The normalized spacial score (nSPS) is 17.4. The van der Waals surface area contributed by atoms with Crippen molar-refractivity contribution in [3.8, 4) is 5.75 Å². The maximum absolute atomic E-state index is 12.5. The van der Waals surface area contributed by atoms with Crippen LogP contribution in [-0.2, 0) is 9.59 Å². The molecule has 1 saturated heterocycles. The van der Waals surface area contributed by atoms with Crippen LogP contribution in [0.15, 0.2) is 24.3 Å². The number of amides is 2. The zero-order chi connectivity index (χ0) is 17.4. The minimum absolute atomic E-state index is 0.0155. The summed E-state index contributed by atoms with van der Waals surface area (Å²) in [7, 11) is 0. The molecular formula is C17H24ClN3O3. The van der Waals surface area contributed by atoms with Crippen molar-refractivity contribution in [1.29, 1.82) is 0 Å². The summed E-state index contributed by atoms with van der Waals surface area (Å²) >= 11 is 5.82. The minimum Gasteiger partial charge on any atom is -0.484 e. The highest BCUT2D eigenvalue weighted by Crippen LogP contribution is 2.18. The fourth-order valence-corrected chi connectivity index (χ4v) is 2.88. The second-order valence-electron chi connectivity index (χ2n) is 5.82. The summed E-state index contributed by atoms with van der Waals surface area (Å²) in [5.74, 6) is 0.466. The summed E-state index contributed by atoms with van der Waals surface area (Å²) in [6, 6.07) is 6.92. The summed E-state index contributed by atoms with van der Waals surface area (Å²) in [6.07, 6.45) is 3.22. The largest absolute Gasteiger partial charge is 0.484 e. The summed E-state index contributed by atoms with van der Waals surface area (Å²) < 4.78 is 5.53. The van der Waals surface area contributed by atoms with Gasteiger partial charge in [-0.3, -0.25) is 9.59 Å². The van der Waals surface area contributed by atoms with E-state index >= 15 is 0 Å². The molecule has 0 bridgehead atoms. The second kappa shape index (κ2) is 9.49. The van der Waals surface area contributed by atoms with Gasteiger partial charge in [-0.2, -0.15) is 0 Å². The van der Waals surface area contributed by atoms with Gasteiger partial charge >= 0.3 is 0 Å². The number of nitrogens with two attached hydrogens (primary N) is 1. The van der Waals surface area contributed by atoms with Crippen LogP contribution in [0.2, 0.25) is 5.02 Å². The van der Waals surface area contributed by atoms with Crippen LogP contribution in [0.5, 0.6) is 5.75 Å². The zero-order valence-corrected chi connectivity index (χ0v) is 14.4. The molecule has 0 spiro atoms. The lowest BCUT2D eigenvalue weighted by Crippen LogP contribution is -2.50. The zero-order valence-electron chi connectivity index (χ0n) is 13.7. The Bertz CT molecular complexity index is 551. The number of benzene rings is 1. The molecule has 2 rings (SSSR count). The van der Waals surface area contributed by atoms with Crippen molar-refractivity contribution in [2.24, 2.45) is 5.73 Å². The predicted molar refractivity (Wildman–Crippen MR) is 93.0 cm³/mol. The predicted octanol–water partition coefficient (Wildman–Crippen LogP) is 1.56. The molecule has 6 nitrogen and oxygen atoms in total. The van der Waals surface area contributed by atoms with Gasteiger partial charge in [0.2, 0.25) is 5.91 Å². The van der Waals surface area contributed by atoms with Crippen molar-refractivity contribution in [1.82, 2.24) is 10.2 Å². The maximum atomic E-state index is 12.5. The molecule has 7 heteroatoms. The molecule has 24 heavy (non-hydrogen) atoms. The Morgan fingerprint density at radius 2 is 2.04 bits per heavy atom. The molecule has 2 amide bonds. The van der Waals surface area contributed by atoms with Crippen LogP contribution in [0.4, 0.5) is 0 Å². The lowest BCUT2D eigenvalue weighted by molar-refractivity contribution is -0.137. The van der Waals surface area contributed by atoms with E-state index in [1.807, 2.05) is 4.90 Å². The molecule has 3 N–H and O–H groups in total. The lowest BCUT2D eigenvalue weighted by Gasteiger charge is -2.35. The third-order valence-electron chi connectivity index (χ3n) is 4.03. The van der Waals surface area contributed by atoms with Gasteiger partial charge in [0.15, 0.2) is 6.61 Å². The first-order valence-corrected chi connectivity index (χ1v) is 8.62. The Hall–Kier alpha value is -1.79. The lowest BCUT2D eigenvalue weighted by atomic mass is 10.0. The van der Waals surface area contributed by atoms with E-state index in [-0.39, 0.29) is 24.5 Å². The molecule has 1 heterocycles. The van der Waals surface area contributed by atoms with Gasteiger partial charge in [0.05, 0.1) is 0 Å². The summed E-state index contributed by atoms with van der Waals surface area (Å²) in [5.41, 5.74) is 5.37. The number of hydrogen-bond acceptors (Lipinski definition) is 4. The molecule has 0 aliphatic carbocycles. The smallest absolute Gasteiger partial charge is 0.260 e. The number of nitrogens with one attached hydrogen (secondary N) is 1. The number of likely N-dealkylation sites (tertiary alicyclic amines) is 1. The van der Waals surface area contributed by atoms with Crippen molar-refractivity contribution in [2.45, 2.75) is 31.7 Å². The number of ether oxygens (including phenoxy) is 1. The van der Waals surface area contributed by atoms with E-state index in [1.54, 1.807) is 24.3 Å². The first kappa shape index (κ1) is 18.5. The molecule has 1 aliphatic rings. The van der Waals surface area contributed by atoms with Gasteiger partial charge in [0, 0.05) is 37.1 Å². The summed E-state index contributed by atoms with van der Waals surface area (Å²) in [5, 5.41) is 3.47. The molecule has 1 aliphatic heterocycles. The molecule has 1 unspecified atom stereocenters. The Balaban J connectivity index is 1.85. The van der Waals surface area contributed by atoms with Crippen molar-refractivity contribution in [3.63, 3.8) is 0 Å². The average molecular weight is 354 g/mol. The number of nitrogens with zero attached hydrogens (tertiary/aromatic N) is 1. The quantitative estimate of drug-likeness (QED) is 0.779. The van der Waals surface area contributed by atoms with Crippen LogP contribution < -0.4 is 15.8 Å².